The fourth-order valence-corrected chi connectivity index (χ4v) is 7.72. The lowest BCUT2D eigenvalue weighted by atomic mass is 9.98. The topological polar surface area (TPSA) is 347 Å². The molecule has 0 spiro atoms. The van der Waals surface area contributed by atoms with E-state index in [9.17, 15) is 52.7 Å². The van der Waals surface area contributed by atoms with Crippen molar-refractivity contribution >= 4 is 65.5 Å². The van der Waals surface area contributed by atoms with Crippen molar-refractivity contribution in [2.24, 2.45) is 17.6 Å². The van der Waals surface area contributed by atoms with Crippen molar-refractivity contribution in [1.82, 2.24) is 42.5 Å². The van der Waals surface area contributed by atoms with E-state index >= 15 is 0 Å². The molecule has 2 aromatic carbocycles. The number of carbonyl (C=O) groups excluding carboxylic acids is 11. The Morgan fingerprint density at radius 1 is 0.571 bits per heavy atom. The van der Waals surface area contributed by atoms with E-state index in [1.54, 1.807) is 55.4 Å². The predicted octanol–water partition coefficient (Wildman–Crippen LogP) is 1.85. The van der Waals surface area contributed by atoms with Gasteiger partial charge in [0, 0.05) is 18.9 Å². The Kier molecular flexibility index (Phi) is 24.3. The zero-order valence-electron chi connectivity index (χ0n) is 45.8. The van der Waals surface area contributed by atoms with Gasteiger partial charge in [0.25, 0.3) is 5.91 Å². The third-order valence-corrected chi connectivity index (χ3v) is 11.3. The summed E-state index contributed by atoms with van der Waals surface area (Å²) < 4.78 is 21.7. The van der Waals surface area contributed by atoms with E-state index in [-0.39, 0.29) is 44.2 Å². The van der Waals surface area contributed by atoms with Gasteiger partial charge >= 0.3 is 24.1 Å². The summed E-state index contributed by atoms with van der Waals surface area (Å²) >= 11 is 0. The number of nitrogens with one attached hydrogen (secondary N) is 8. The van der Waals surface area contributed by atoms with Crippen LogP contribution in [0.4, 0.5) is 9.59 Å². The van der Waals surface area contributed by atoms with Gasteiger partial charge in [-0.3, -0.25) is 38.4 Å². The van der Waals surface area contributed by atoms with Crippen LogP contribution in [-0.4, -0.2) is 140 Å². The summed E-state index contributed by atoms with van der Waals surface area (Å²) in [4.78, 5) is 142. The molecule has 0 aliphatic heterocycles. The molecule has 0 heterocycles. The van der Waals surface area contributed by atoms with Gasteiger partial charge in [0.2, 0.25) is 35.4 Å². The molecule has 10 N–H and O–H groups in total. The minimum Gasteiger partial charge on any atom is -0.458 e. The molecular formula is C53H77N9O15. The molecule has 77 heavy (non-hydrogen) atoms. The average Bonchev–Trinajstić information content (AvgIpc) is 3.65. The van der Waals surface area contributed by atoms with Crippen LogP contribution in [-0.2, 0) is 62.1 Å². The molecule has 0 aromatic heterocycles. The van der Waals surface area contributed by atoms with Crippen LogP contribution in [0, 0.1) is 11.8 Å². The Labute approximate surface area is 448 Å². The normalized spacial score (nSPS) is 13.9. The molecule has 2 aromatic rings. The summed E-state index contributed by atoms with van der Waals surface area (Å²) in [6, 6.07) is 9.13. The molecule has 9 amide bonds. The zero-order valence-corrected chi connectivity index (χ0v) is 45.8. The summed E-state index contributed by atoms with van der Waals surface area (Å²) in [5.74, 6) is -8.20. The van der Waals surface area contributed by atoms with E-state index in [0.717, 1.165) is 22.3 Å². The van der Waals surface area contributed by atoms with E-state index in [4.69, 9.17) is 24.7 Å². The van der Waals surface area contributed by atoms with Crippen molar-refractivity contribution in [3.63, 3.8) is 0 Å². The maximum absolute atomic E-state index is 14.1. The minimum atomic E-state index is -1.48. The van der Waals surface area contributed by atoms with Crippen molar-refractivity contribution < 1.29 is 71.7 Å². The van der Waals surface area contributed by atoms with Crippen LogP contribution in [0.2, 0.25) is 0 Å². The molecule has 24 nitrogen and oxygen atoms in total. The zero-order chi connectivity index (χ0) is 57.8. The van der Waals surface area contributed by atoms with Gasteiger partial charge in [0.05, 0.1) is 13.1 Å². The first-order valence-corrected chi connectivity index (χ1v) is 25.4. The van der Waals surface area contributed by atoms with Gasteiger partial charge in [-0.1, -0.05) is 76.2 Å². The lowest BCUT2D eigenvalue weighted by molar-refractivity contribution is -0.159. The summed E-state index contributed by atoms with van der Waals surface area (Å²) in [5.41, 5.74) is 7.16. The number of carbonyl (C=O) groups is 11. The first-order chi connectivity index (χ1) is 35.9. The molecule has 0 fully saturated rings. The Morgan fingerprint density at radius 3 is 1.69 bits per heavy atom. The standard InChI is InChI=1S/C53H77N9O15/c1-29(2)24-39(49(71)76-52(6,7)8)60-47(69)37(59-48(70)44(30(3)4)62-50(72)75-27-36-34-18-14-12-16-32(34)33-17-13-15-19-35(33)36)20-21-43(66)74-28-42(65)55-23-22-38(61-51(73)77-53(9,10)11)46(68)58-31(5)45(67)57-26-41(64)56-25-40(54)63/h12-19,29-31,36-39,44H,20-28H2,1-11H3,(H2,54,63)(H,55,65)(H,56,64)(H,57,67)(H,58,68)(H,59,70)(H,60,69)(H,61,73)(H,62,72)/t31-,37-,38+,39-,44-/m0/s1. The smallest absolute Gasteiger partial charge is 0.408 e. The Morgan fingerprint density at radius 2 is 1.13 bits per heavy atom. The highest BCUT2D eigenvalue weighted by Gasteiger charge is 2.35. The first-order valence-electron chi connectivity index (χ1n) is 25.4. The number of benzene rings is 2. The van der Waals surface area contributed by atoms with E-state index in [1.165, 1.54) is 6.92 Å². The van der Waals surface area contributed by atoms with Crippen LogP contribution in [0.25, 0.3) is 11.1 Å². The molecule has 3 rings (SSSR count). The SMILES string of the molecule is CC(C)C[C@H](NC(=O)[C@H](CCC(=O)OCC(=O)NCC[C@@H](NC(=O)OC(C)(C)C)C(=O)N[C@@H](C)C(=O)NCC(=O)NCC(N)=O)NC(=O)[C@@H](NC(=O)OCC1c2ccccc2-c2ccccc21)C(C)C)C(=O)OC(C)(C)C. The van der Waals surface area contributed by atoms with Crippen LogP contribution in [0.15, 0.2) is 48.5 Å². The van der Waals surface area contributed by atoms with Gasteiger partial charge in [0.1, 0.15) is 48.0 Å². The van der Waals surface area contributed by atoms with Crippen LogP contribution in [0.1, 0.15) is 119 Å². The molecule has 0 bridgehead atoms. The molecule has 0 saturated heterocycles. The van der Waals surface area contributed by atoms with Gasteiger partial charge in [-0.25, -0.2) is 14.4 Å². The maximum Gasteiger partial charge on any atom is 0.408 e. The summed E-state index contributed by atoms with van der Waals surface area (Å²) in [6.45, 7) is 16.0. The van der Waals surface area contributed by atoms with Crippen LogP contribution in [0.5, 0.6) is 0 Å². The highest BCUT2D eigenvalue weighted by atomic mass is 16.6. The summed E-state index contributed by atoms with van der Waals surface area (Å²) in [5, 5.41) is 19.6. The highest BCUT2D eigenvalue weighted by Crippen LogP contribution is 2.44. The second-order valence-electron chi connectivity index (χ2n) is 21.2. The minimum absolute atomic E-state index is 0.0306. The first kappa shape index (κ1) is 63.5. The lowest BCUT2D eigenvalue weighted by Gasteiger charge is -2.28. The quantitative estimate of drug-likeness (QED) is 0.0456. The predicted molar refractivity (Wildman–Crippen MR) is 280 cm³/mol. The van der Waals surface area contributed by atoms with Crippen molar-refractivity contribution in [3.05, 3.63) is 59.7 Å². The number of hydrogen-bond acceptors (Lipinski definition) is 15. The Hall–Kier alpha value is -7.79. The van der Waals surface area contributed by atoms with Crippen molar-refractivity contribution in [3.8, 4) is 11.1 Å². The third-order valence-electron chi connectivity index (χ3n) is 11.3. The number of amides is 9. The number of nitrogens with two attached hydrogens (primary N) is 1. The van der Waals surface area contributed by atoms with Crippen molar-refractivity contribution in [2.75, 3.05) is 32.8 Å². The number of hydrogen-bond donors (Lipinski definition) is 9. The molecule has 0 saturated carbocycles. The molecule has 1 aliphatic rings. The fraction of sp³-hybridized carbons (Fsp3) is 0.566. The van der Waals surface area contributed by atoms with E-state index < -0.39 is 139 Å². The number of ether oxygens (including phenoxy) is 4. The van der Waals surface area contributed by atoms with Crippen LogP contribution in [0.3, 0.4) is 0 Å². The van der Waals surface area contributed by atoms with E-state index in [0.29, 0.717) is 0 Å². The highest BCUT2D eigenvalue weighted by molar-refractivity contribution is 5.95. The second-order valence-corrected chi connectivity index (χ2v) is 21.2. The fourth-order valence-electron chi connectivity index (χ4n) is 7.72. The number of esters is 2. The molecule has 424 valence electrons. The molecule has 5 atom stereocenters. The number of alkyl carbamates (subject to hydrolysis) is 2. The lowest BCUT2D eigenvalue weighted by Crippen LogP contribution is -2.57. The van der Waals surface area contributed by atoms with Gasteiger partial charge in [-0.2, -0.15) is 0 Å². The molecule has 0 unspecified atom stereocenters. The number of fused-ring (bicyclic) bond motifs is 3. The maximum atomic E-state index is 14.1. The molecule has 1 aliphatic carbocycles. The van der Waals surface area contributed by atoms with Gasteiger partial charge in [-0.15, -0.1) is 0 Å². The molecule has 0 radical (unpaired) electrons. The van der Waals surface area contributed by atoms with Gasteiger partial charge in [0.15, 0.2) is 6.61 Å². The van der Waals surface area contributed by atoms with Crippen molar-refractivity contribution in [1.29, 1.82) is 0 Å². The van der Waals surface area contributed by atoms with E-state index in [2.05, 4.69) is 42.5 Å². The Bertz CT molecular complexity index is 2400. The molecule has 24 heteroatoms. The van der Waals surface area contributed by atoms with Crippen LogP contribution >= 0.6 is 0 Å². The third kappa shape index (κ3) is 22.5. The van der Waals surface area contributed by atoms with Gasteiger partial charge in [-0.05, 0) is 102 Å². The molecular weight excluding hydrogens is 1000 g/mol. The summed E-state index contributed by atoms with van der Waals surface area (Å²) in [6.07, 6.45) is -2.87. The summed E-state index contributed by atoms with van der Waals surface area (Å²) in [7, 11) is 0. The monoisotopic (exact) mass is 1080 g/mol. The van der Waals surface area contributed by atoms with Crippen LogP contribution < -0.4 is 48.3 Å². The number of primary amides is 1. The largest absolute Gasteiger partial charge is 0.458 e. The Balaban J connectivity index is 1.68. The van der Waals surface area contributed by atoms with E-state index in [1.807, 2.05) is 62.4 Å². The second kappa shape index (κ2) is 29.5. The van der Waals surface area contributed by atoms with Crippen molar-refractivity contribution in [2.45, 2.75) is 149 Å². The van der Waals surface area contributed by atoms with Gasteiger partial charge < -0.3 is 67.2 Å². The number of rotatable bonds is 27. The average molecular weight is 1080 g/mol.